The Bertz CT molecular complexity index is 696. The standard InChI is InChI=1S/C18H29N5OS/c1-5-23(6-2)10-8-7-9-19-15(24)11-20-17-16-13(3)14(4)25-18(16)22-12-21-17/h12H,5-11H2,1-4H3,(H,19,24)(H,20,21,22). The van der Waals surface area contributed by atoms with Crippen LogP contribution in [0.4, 0.5) is 5.82 Å². The quantitative estimate of drug-likeness (QED) is 0.635. The molecular weight excluding hydrogens is 334 g/mol. The van der Waals surface area contributed by atoms with E-state index in [9.17, 15) is 4.79 Å². The number of carbonyl (C=O) groups is 1. The lowest BCUT2D eigenvalue weighted by molar-refractivity contribution is -0.119. The average Bonchev–Trinajstić information content (AvgIpc) is 2.91. The molecule has 0 aliphatic rings. The van der Waals surface area contributed by atoms with Crippen LogP contribution >= 0.6 is 11.3 Å². The second kappa shape index (κ2) is 9.68. The minimum Gasteiger partial charge on any atom is -0.360 e. The van der Waals surface area contributed by atoms with Gasteiger partial charge in [0.2, 0.25) is 5.91 Å². The summed E-state index contributed by atoms with van der Waals surface area (Å²) >= 11 is 1.66. The molecule has 0 aromatic carbocycles. The van der Waals surface area contributed by atoms with Crippen molar-refractivity contribution in [2.75, 3.05) is 38.0 Å². The number of aromatic nitrogens is 2. The number of hydrogen-bond donors (Lipinski definition) is 2. The van der Waals surface area contributed by atoms with Crippen molar-refractivity contribution in [3.05, 3.63) is 16.8 Å². The van der Waals surface area contributed by atoms with Crippen molar-refractivity contribution < 1.29 is 4.79 Å². The summed E-state index contributed by atoms with van der Waals surface area (Å²) < 4.78 is 0. The van der Waals surface area contributed by atoms with Crippen LogP contribution in [0, 0.1) is 13.8 Å². The third kappa shape index (κ3) is 5.37. The molecule has 0 fully saturated rings. The van der Waals surface area contributed by atoms with Gasteiger partial charge in [-0.2, -0.15) is 0 Å². The van der Waals surface area contributed by atoms with Crippen molar-refractivity contribution >= 4 is 33.3 Å². The van der Waals surface area contributed by atoms with Gasteiger partial charge in [0.25, 0.3) is 0 Å². The molecule has 6 nitrogen and oxygen atoms in total. The number of nitrogens with one attached hydrogen (secondary N) is 2. The van der Waals surface area contributed by atoms with Crippen LogP contribution < -0.4 is 10.6 Å². The van der Waals surface area contributed by atoms with E-state index in [1.807, 2.05) is 0 Å². The Kier molecular flexibility index (Phi) is 7.58. The maximum Gasteiger partial charge on any atom is 0.239 e. The second-order valence-corrected chi connectivity index (χ2v) is 7.33. The number of fused-ring (bicyclic) bond motifs is 1. The van der Waals surface area contributed by atoms with E-state index in [4.69, 9.17) is 0 Å². The van der Waals surface area contributed by atoms with E-state index < -0.39 is 0 Å². The first-order chi connectivity index (χ1) is 12.1. The zero-order valence-electron chi connectivity index (χ0n) is 15.7. The fourth-order valence-electron chi connectivity index (χ4n) is 2.77. The SMILES string of the molecule is CCN(CC)CCCCNC(=O)CNc1ncnc2sc(C)c(C)c12. The molecule has 1 amide bonds. The summed E-state index contributed by atoms with van der Waals surface area (Å²) in [7, 11) is 0. The van der Waals surface area contributed by atoms with Crippen molar-refractivity contribution in [1.82, 2.24) is 20.2 Å². The largest absolute Gasteiger partial charge is 0.360 e. The lowest BCUT2D eigenvalue weighted by Crippen LogP contribution is -2.31. The van der Waals surface area contributed by atoms with Crippen LogP contribution in [0.1, 0.15) is 37.1 Å². The van der Waals surface area contributed by atoms with Crippen LogP contribution in [0.2, 0.25) is 0 Å². The molecule has 25 heavy (non-hydrogen) atoms. The highest BCUT2D eigenvalue weighted by molar-refractivity contribution is 7.18. The van der Waals surface area contributed by atoms with Crippen LogP contribution in [0.25, 0.3) is 10.2 Å². The first kappa shape index (κ1) is 19.6. The molecule has 138 valence electrons. The molecule has 2 rings (SSSR count). The number of amides is 1. The molecule has 2 aromatic heterocycles. The summed E-state index contributed by atoms with van der Waals surface area (Å²) in [6.45, 7) is 12.7. The predicted octanol–water partition coefficient (Wildman–Crippen LogP) is 2.96. The van der Waals surface area contributed by atoms with Gasteiger partial charge in [0.05, 0.1) is 11.9 Å². The summed E-state index contributed by atoms with van der Waals surface area (Å²) in [6, 6.07) is 0. The van der Waals surface area contributed by atoms with E-state index in [1.165, 1.54) is 10.4 Å². The minimum atomic E-state index is -0.000735. The lowest BCUT2D eigenvalue weighted by Gasteiger charge is -2.17. The van der Waals surface area contributed by atoms with E-state index >= 15 is 0 Å². The number of anilines is 1. The summed E-state index contributed by atoms with van der Waals surface area (Å²) in [4.78, 5) is 25.2. The fraction of sp³-hybridized carbons (Fsp3) is 0.611. The van der Waals surface area contributed by atoms with Gasteiger partial charge in [-0.15, -0.1) is 11.3 Å². The summed E-state index contributed by atoms with van der Waals surface area (Å²) in [6.07, 6.45) is 3.66. The van der Waals surface area contributed by atoms with Crippen molar-refractivity contribution in [1.29, 1.82) is 0 Å². The third-order valence-electron chi connectivity index (χ3n) is 4.50. The monoisotopic (exact) mass is 363 g/mol. The van der Waals surface area contributed by atoms with Crippen LogP contribution in [0.15, 0.2) is 6.33 Å². The van der Waals surface area contributed by atoms with Crippen molar-refractivity contribution in [2.45, 2.75) is 40.5 Å². The van der Waals surface area contributed by atoms with Gasteiger partial charge >= 0.3 is 0 Å². The van der Waals surface area contributed by atoms with E-state index in [0.717, 1.165) is 55.1 Å². The number of aryl methyl sites for hydroxylation is 2. The van der Waals surface area contributed by atoms with Gasteiger partial charge in [0.15, 0.2) is 0 Å². The lowest BCUT2D eigenvalue weighted by atomic mass is 10.2. The third-order valence-corrected chi connectivity index (χ3v) is 5.61. The average molecular weight is 364 g/mol. The topological polar surface area (TPSA) is 70.2 Å². The summed E-state index contributed by atoms with van der Waals surface area (Å²) in [5, 5.41) is 7.15. The molecule has 0 bridgehead atoms. The normalized spacial score (nSPS) is 11.2. The van der Waals surface area contributed by atoms with Gasteiger partial charge in [-0.25, -0.2) is 9.97 Å². The number of thiophene rings is 1. The fourth-order valence-corrected chi connectivity index (χ4v) is 3.77. The Hall–Kier alpha value is -1.73. The van der Waals surface area contributed by atoms with E-state index in [0.29, 0.717) is 0 Å². The number of carbonyl (C=O) groups excluding carboxylic acids is 1. The smallest absolute Gasteiger partial charge is 0.239 e. The molecule has 0 aliphatic carbocycles. The van der Waals surface area contributed by atoms with Crippen molar-refractivity contribution in [3.8, 4) is 0 Å². The molecule has 0 radical (unpaired) electrons. The zero-order valence-corrected chi connectivity index (χ0v) is 16.5. The van der Waals surface area contributed by atoms with Crippen LogP contribution in [-0.4, -0.2) is 53.5 Å². The molecule has 0 unspecified atom stereocenters. The van der Waals surface area contributed by atoms with E-state index in [-0.39, 0.29) is 12.5 Å². The van der Waals surface area contributed by atoms with Crippen LogP contribution in [-0.2, 0) is 4.79 Å². The molecule has 0 aliphatic heterocycles. The second-order valence-electron chi connectivity index (χ2n) is 6.12. The molecule has 7 heteroatoms. The van der Waals surface area contributed by atoms with Crippen LogP contribution in [0.5, 0.6) is 0 Å². The Morgan fingerprint density at radius 1 is 1.20 bits per heavy atom. The van der Waals surface area contributed by atoms with Gasteiger partial charge < -0.3 is 15.5 Å². The predicted molar refractivity (Wildman–Crippen MR) is 105 cm³/mol. The highest BCUT2D eigenvalue weighted by Gasteiger charge is 2.12. The number of rotatable bonds is 10. The van der Waals surface area contributed by atoms with Gasteiger partial charge in [-0.3, -0.25) is 4.79 Å². The highest BCUT2D eigenvalue weighted by atomic mass is 32.1. The summed E-state index contributed by atoms with van der Waals surface area (Å²) in [5.74, 6) is 0.739. The summed E-state index contributed by atoms with van der Waals surface area (Å²) in [5.41, 5.74) is 1.18. The number of hydrogen-bond acceptors (Lipinski definition) is 6. The van der Waals surface area contributed by atoms with Gasteiger partial charge in [0.1, 0.15) is 17.0 Å². The Morgan fingerprint density at radius 2 is 1.96 bits per heavy atom. The Labute approximate surface area is 154 Å². The molecule has 2 aromatic rings. The first-order valence-electron chi connectivity index (χ1n) is 9.00. The number of nitrogens with zero attached hydrogens (tertiary/aromatic N) is 3. The minimum absolute atomic E-state index is 0.000735. The molecule has 2 N–H and O–H groups in total. The van der Waals surface area contributed by atoms with Gasteiger partial charge in [-0.05, 0) is 51.9 Å². The van der Waals surface area contributed by atoms with E-state index in [1.54, 1.807) is 17.7 Å². The maximum atomic E-state index is 12.0. The van der Waals surface area contributed by atoms with Crippen molar-refractivity contribution in [2.24, 2.45) is 0 Å². The molecule has 0 saturated carbocycles. The Balaban J connectivity index is 1.75. The number of unbranched alkanes of at least 4 members (excludes halogenated alkanes) is 1. The Morgan fingerprint density at radius 3 is 2.68 bits per heavy atom. The molecule has 2 heterocycles. The van der Waals surface area contributed by atoms with E-state index in [2.05, 4.69) is 53.2 Å². The first-order valence-corrected chi connectivity index (χ1v) is 9.82. The maximum absolute atomic E-state index is 12.0. The molecule has 0 saturated heterocycles. The van der Waals surface area contributed by atoms with Crippen molar-refractivity contribution in [3.63, 3.8) is 0 Å². The molecule has 0 spiro atoms. The van der Waals surface area contributed by atoms with Gasteiger partial charge in [0, 0.05) is 11.4 Å². The zero-order chi connectivity index (χ0) is 18.2. The van der Waals surface area contributed by atoms with Crippen LogP contribution in [0.3, 0.4) is 0 Å². The molecular formula is C18H29N5OS. The van der Waals surface area contributed by atoms with Gasteiger partial charge in [-0.1, -0.05) is 13.8 Å². The molecule has 0 atom stereocenters. The highest BCUT2D eigenvalue weighted by Crippen LogP contribution is 2.32.